The number of nitrogens with zero attached hydrogens (tertiary/aromatic N) is 6. The first-order chi connectivity index (χ1) is 13.6. The molecule has 0 aromatic carbocycles. The minimum atomic E-state index is -0.968. The molecular weight excluding hydrogens is 360 g/mol. The molecule has 0 saturated heterocycles. The fraction of sp³-hybridized carbons (Fsp3) is 0.421. The van der Waals surface area contributed by atoms with Crippen molar-refractivity contribution in [2.45, 2.75) is 45.3 Å². The minimum absolute atomic E-state index is 0.173. The predicted octanol–water partition coefficient (Wildman–Crippen LogP) is 2.04. The van der Waals surface area contributed by atoms with Crippen LogP contribution < -0.4 is 0 Å². The third kappa shape index (κ3) is 3.40. The molecule has 1 aliphatic carbocycles. The summed E-state index contributed by atoms with van der Waals surface area (Å²) < 4.78 is 7.21. The van der Waals surface area contributed by atoms with Crippen molar-refractivity contribution < 1.29 is 14.4 Å². The first-order valence-corrected chi connectivity index (χ1v) is 9.32. The van der Waals surface area contributed by atoms with E-state index in [-0.39, 0.29) is 11.7 Å². The lowest BCUT2D eigenvalue weighted by atomic mass is 9.90. The van der Waals surface area contributed by atoms with Crippen molar-refractivity contribution in [1.29, 1.82) is 0 Å². The lowest BCUT2D eigenvalue weighted by molar-refractivity contribution is 0.0687. The lowest BCUT2D eigenvalue weighted by Crippen LogP contribution is -2.36. The maximum absolute atomic E-state index is 11.6. The maximum atomic E-state index is 11.6. The molecule has 0 fully saturated rings. The molecule has 3 heterocycles. The smallest absolute Gasteiger partial charge is 0.356 e. The Kier molecular flexibility index (Phi) is 4.91. The van der Waals surface area contributed by atoms with Crippen LogP contribution in [-0.2, 0) is 25.9 Å². The number of carbonyl (C=O) groups is 1. The first-order valence-electron chi connectivity index (χ1n) is 9.32. The summed E-state index contributed by atoms with van der Waals surface area (Å²) in [6.45, 7) is 3.15. The Labute approximate surface area is 162 Å². The van der Waals surface area contributed by atoms with E-state index in [1.807, 2.05) is 30.8 Å². The van der Waals surface area contributed by atoms with Gasteiger partial charge in [0.15, 0.2) is 5.69 Å². The van der Waals surface area contributed by atoms with Gasteiger partial charge in [-0.3, -0.25) is 14.6 Å². The van der Waals surface area contributed by atoms with Gasteiger partial charge >= 0.3 is 5.97 Å². The number of carboxylic acid groups (broad SMARTS) is 1. The SMILES string of the molecule is CCn1nc(C(=O)O)c2c1CC[C@@H](N(C)Cc1nc(-c3cccnc3)no1)C2. The molecule has 4 rings (SSSR count). The molecule has 0 bridgehead atoms. The fourth-order valence-electron chi connectivity index (χ4n) is 3.75. The topological polar surface area (TPSA) is 110 Å². The number of hydrogen-bond donors (Lipinski definition) is 1. The third-order valence-corrected chi connectivity index (χ3v) is 5.22. The van der Waals surface area contributed by atoms with E-state index in [0.29, 0.717) is 31.2 Å². The predicted molar refractivity (Wildman–Crippen MR) is 99.7 cm³/mol. The van der Waals surface area contributed by atoms with Crippen LogP contribution in [0.25, 0.3) is 11.4 Å². The molecule has 0 amide bonds. The number of carboxylic acids is 1. The summed E-state index contributed by atoms with van der Waals surface area (Å²) in [6, 6.07) is 3.90. The highest BCUT2D eigenvalue weighted by Crippen LogP contribution is 2.28. The zero-order valence-electron chi connectivity index (χ0n) is 15.9. The first kappa shape index (κ1) is 18.3. The summed E-state index contributed by atoms with van der Waals surface area (Å²) in [5.74, 6) is 0.0689. The van der Waals surface area contributed by atoms with Gasteiger partial charge < -0.3 is 9.63 Å². The van der Waals surface area contributed by atoms with E-state index in [1.165, 1.54) is 0 Å². The highest BCUT2D eigenvalue weighted by Gasteiger charge is 2.31. The van der Waals surface area contributed by atoms with Crippen LogP contribution >= 0.6 is 0 Å². The molecule has 0 aliphatic heterocycles. The number of aromatic nitrogens is 5. The van der Waals surface area contributed by atoms with Gasteiger partial charge in [-0.15, -0.1) is 0 Å². The van der Waals surface area contributed by atoms with Crippen LogP contribution in [0.15, 0.2) is 29.0 Å². The molecule has 146 valence electrons. The van der Waals surface area contributed by atoms with Gasteiger partial charge in [0.05, 0.1) is 6.54 Å². The molecule has 1 N–H and O–H groups in total. The summed E-state index contributed by atoms with van der Waals surface area (Å²) in [5, 5.41) is 17.8. The molecule has 0 saturated carbocycles. The van der Waals surface area contributed by atoms with Crippen molar-refractivity contribution in [1.82, 2.24) is 29.8 Å². The molecule has 1 atom stereocenters. The van der Waals surface area contributed by atoms with Crippen molar-refractivity contribution in [3.05, 3.63) is 47.4 Å². The van der Waals surface area contributed by atoms with Gasteiger partial charge in [0.25, 0.3) is 0 Å². The van der Waals surface area contributed by atoms with Crippen LogP contribution in [-0.4, -0.2) is 54.0 Å². The molecule has 9 heteroatoms. The monoisotopic (exact) mass is 382 g/mol. The van der Waals surface area contributed by atoms with Crippen molar-refractivity contribution >= 4 is 5.97 Å². The molecule has 3 aromatic rings. The second-order valence-electron chi connectivity index (χ2n) is 6.96. The van der Waals surface area contributed by atoms with Gasteiger partial charge in [-0.2, -0.15) is 10.1 Å². The quantitative estimate of drug-likeness (QED) is 0.689. The second kappa shape index (κ2) is 7.51. The molecule has 9 nitrogen and oxygen atoms in total. The number of aromatic carboxylic acids is 1. The van der Waals surface area contributed by atoms with E-state index in [4.69, 9.17) is 4.52 Å². The number of pyridine rings is 1. The highest BCUT2D eigenvalue weighted by molar-refractivity contribution is 5.87. The Hall–Kier alpha value is -3.07. The van der Waals surface area contributed by atoms with Gasteiger partial charge in [0.2, 0.25) is 11.7 Å². The summed E-state index contributed by atoms with van der Waals surface area (Å²) in [7, 11) is 1.99. The van der Waals surface area contributed by atoms with Crippen molar-refractivity contribution in [2.75, 3.05) is 7.05 Å². The number of rotatable bonds is 6. The van der Waals surface area contributed by atoms with Gasteiger partial charge in [0.1, 0.15) is 0 Å². The average molecular weight is 382 g/mol. The second-order valence-corrected chi connectivity index (χ2v) is 6.96. The molecule has 0 spiro atoms. The molecule has 0 radical (unpaired) electrons. The van der Waals surface area contributed by atoms with Crippen LogP contribution in [0.5, 0.6) is 0 Å². The molecule has 0 unspecified atom stereocenters. The Balaban J connectivity index is 1.48. The van der Waals surface area contributed by atoms with Crippen molar-refractivity contribution in [3.8, 4) is 11.4 Å². The number of likely N-dealkylation sites (N-methyl/N-ethyl adjacent to an activating group) is 1. The molecule has 3 aromatic heterocycles. The highest BCUT2D eigenvalue weighted by atomic mass is 16.5. The summed E-state index contributed by atoms with van der Waals surface area (Å²) >= 11 is 0. The average Bonchev–Trinajstić information content (AvgIpc) is 3.32. The number of aryl methyl sites for hydroxylation is 1. The fourth-order valence-corrected chi connectivity index (χ4v) is 3.75. The van der Waals surface area contributed by atoms with Crippen LogP contribution in [0.3, 0.4) is 0 Å². The van der Waals surface area contributed by atoms with Crippen molar-refractivity contribution in [2.24, 2.45) is 0 Å². The Morgan fingerprint density at radius 2 is 2.32 bits per heavy atom. The van der Waals surface area contributed by atoms with E-state index in [1.54, 1.807) is 12.4 Å². The van der Waals surface area contributed by atoms with E-state index < -0.39 is 5.97 Å². The van der Waals surface area contributed by atoms with Gasteiger partial charge in [-0.25, -0.2) is 4.79 Å². The molecule has 28 heavy (non-hydrogen) atoms. The molecular formula is C19H22N6O3. The number of hydrogen-bond acceptors (Lipinski definition) is 7. The summed E-state index contributed by atoms with van der Waals surface area (Å²) in [4.78, 5) is 22.2. The van der Waals surface area contributed by atoms with Gasteiger partial charge in [-0.1, -0.05) is 5.16 Å². The largest absolute Gasteiger partial charge is 0.476 e. The Bertz CT molecular complexity index is 981. The standard InChI is InChI=1S/C19H22N6O3/c1-3-25-15-7-6-13(9-14(15)17(22-25)19(26)27)24(2)11-16-21-18(23-28-16)12-5-4-8-20-10-12/h4-5,8,10,13H,3,6-7,9,11H2,1-2H3,(H,26,27)/t13-/m1/s1. The Morgan fingerprint density at radius 3 is 3.04 bits per heavy atom. The molecule has 1 aliphatic rings. The van der Waals surface area contributed by atoms with Crippen LogP contribution in [0, 0.1) is 0 Å². The van der Waals surface area contributed by atoms with Crippen molar-refractivity contribution in [3.63, 3.8) is 0 Å². The van der Waals surface area contributed by atoms with E-state index in [0.717, 1.165) is 29.7 Å². The Morgan fingerprint density at radius 1 is 1.46 bits per heavy atom. The maximum Gasteiger partial charge on any atom is 0.356 e. The zero-order chi connectivity index (χ0) is 19.7. The number of fused-ring (bicyclic) bond motifs is 1. The summed E-state index contributed by atoms with van der Waals surface area (Å²) in [6.07, 6.45) is 5.78. The van der Waals surface area contributed by atoms with Gasteiger partial charge in [-0.05, 0) is 45.4 Å². The van der Waals surface area contributed by atoms with Crippen LogP contribution in [0.4, 0.5) is 0 Å². The van der Waals surface area contributed by atoms with Crippen LogP contribution in [0.1, 0.15) is 41.0 Å². The van der Waals surface area contributed by atoms with E-state index in [9.17, 15) is 9.90 Å². The van der Waals surface area contributed by atoms with Gasteiger partial charge in [0, 0.05) is 41.8 Å². The minimum Gasteiger partial charge on any atom is -0.476 e. The van der Waals surface area contributed by atoms with E-state index >= 15 is 0 Å². The zero-order valence-corrected chi connectivity index (χ0v) is 15.9. The third-order valence-electron chi connectivity index (χ3n) is 5.22. The van der Waals surface area contributed by atoms with E-state index in [2.05, 4.69) is 25.1 Å². The summed E-state index contributed by atoms with van der Waals surface area (Å²) in [5.41, 5.74) is 2.87. The lowest BCUT2D eigenvalue weighted by Gasteiger charge is -2.30. The van der Waals surface area contributed by atoms with Crippen LogP contribution in [0.2, 0.25) is 0 Å². The normalized spacial score (nSPS) is 16.3.